The fourth-order valence-corrected chi connectivity index (χ4v) is 3.98. The first-order chi connectivity index (χ1) is 8.15. The molecule has 0 spiro atoms. The number of carboxylic acids is 1. The van der Waals surface area contributed by atoms with E-state index in [0.29, 0.717) is 6.42 Å². The van der Waals surface area contributed by atoms with Crippen molar-refractivity contribution in [2.24, 2.45) is 0 Å². The van der Waals surface area contributed by atoms with E-state index in [1.807, 2.05) is 12.3 Å². The number of thiazole rings is 2. The van der Waals surface area contributed by atoms with Gasteiger partial charge in [0.1, 0.15) is 5.92 Å². The smallest absolute Gasteiger partial charge is 0.312 e. The minimum Gasteiger partial charge on any atom is -0.481 e. The average molecular weight is 266 g/mol. The van der Waals surface area contributed by atoms with Crippen LogP contribution in [-0.4, -0.2) is 21.0 Å². The Morgan fingerprint density at radius 3 is 2.94 bits per heavy atom. The van der Waals surface area contributed by atoms with Crippen molar-refractivity contribution >= 4 is 28.6 Å². The number of hydrogen-bond donors (Lipinski definition) is 1. The minimum absolute atomic E-state index is 0.420. The van der Waals surface area contributed by atoms with Crippen molar-refractivity contribution in [1.82, 2.24) is 9.97 Å². The highest BCUT2D eigenvalue weighted by atomic mass is 32.1. The summed E-state index contributed by atoms with van der Waals surface area (Å²) in [5, 5.41) is 12.8. The Morgan fingerprint density at radius 2 is 2.29 bits per heavy atom. The predicted molar refractivity (Wildman–Crippen MR) is 66.7 cm³/mol. The molecule has 0 radical (unpaired) electrons. The van der Waals surface area contributed by atoms with Crippen LogP contribution in [0.15, 0.2) is 5.38 Å². The molecule has 0 aromatic carbocycles. The van der Waals surface area contributed by atoms with Gasteiger partial charge >= 0.3 is 5.97 Å². The summed E-state index contributed by atoms with van der Waals surface area (Å²) >= 11 is 3.14. The Hall–Kier alpha value is -1.27. The fourth-order valence-electron chi connectivity index (χ4n) is 2.01. The molecule has 2 aromatic rings. The summed E-state index contributed by atoms with van der Waals surface area (Å²) in [6.45, 7) is 1.95. The normalized spacial score (nSPS) is 18.3. The van der Waals surface area contributed by atoms with Gasteiger partial charge in [-0.3, -0.25) is 4.79 Å². The van der Waals surface area contributed by atoms with Crippen molar-refractivity contribution in [1.29, 1.82) is 0 Å². The first-order valence-corrected chi connectivity index (χ1v) is 6.99. The Kier molecular flexibility index (Phi) is 2.48. The highest BCUT2D eigenvalue weighted by Crippen LogP contribution is 2.40. The van der Waals surface area contributed by atoms with E-state index in [-0.39, 0.29) is 0 Å². The number of rotatable bonds is 2. The molecule has 1 N–H and O–H groups in total. The van der Waals surface area contributed by atoms with Crippen molar-refractivity contribution in [3.8, 4) is 10.0 Å². The second-order valence-corrected chi connectivity index (χ2v) is 5.99. The SMILES string of the molecule is Cc1csc(-c2nc3c(s2)CCC3C(=O)O)n1. The van der Waals surface area contributed by atoms with Crippen LogP contribution >= 0.6 is 22.7 Å². The lowest BCUT2D eigenvalue weighted by Crippen LogP contribution is -2.08. The highest BCUT2D eigenvalue weighted by Gasteiger charge is 2.32. The van der Waals surface area contributed by atoms with E-state index in [0.717, 1.165) is 32.7 Å². The van der Waals surface area contributed by atoms with Crippen LogP contribution in [0.3, 0.4) is 0 Å². The Balaban J connectivity index is 2.01. The molecule has 6 heteroatoms. The van der Waals surface area contributed by atoms with Gasteiger partial charge in [-0.15, -0.1) is 22.7 Å². The lowest BCUT2D eigenvalue weighted by molar-refractivity contribution is -0.138. The van der Waals surface area contributed by atoms with E-state index < -0.39 is 11.9 Å². The van der Waals surface area contributed by atoms with Gasteiger partial charge < -0.3 is 5.11 Å². The van der Waals surface area contributed by atoms with Crippen LogP contribution in [-0.2, 0) is 11.2 Å². The number of fused-ring (bicyclic) bond motifs is 1. The Bertz CT molecular complexity index is 588. The first-order valence-electron chi connectivity index (χ1n) is 5.30. The van der Waals surface area contributed by atoms with E-state index in [1.165, 1.54) is 0 Å². The number of aryl methyl sites for hydroxylation is 2. The molecular weight excluding hydrogens is 256 g/mol. The lowest BCUT2D eigenvalue weighted by Gasteiger charge is -2.00. The van der Waals surface area contributed by atoms with Crippen molar-refractivity contribution in [3.05, 3.63) is 21.6 Å². The molecule has 0 saturated heterocycles. The highest BCUT2D eigenvalue weighted by molar-refractivity contribution is 7.20. The second kappa shape index (κ2) is 3.89. The maximum atomic E-state index is 11.1. The summed E-state index contributed by atoms with van der Waals surface area (Å²) in [6.07, 6.45) is 1.51. The van der Waals surface area contributed by atoms with E-state index in [1.54, 1.807) is 22.7 Å². The van der Waals surface area contributed by atoms with Gasteiger partial charge in [0, 0.05) is 16.0 Å². The molecule has 0 amide bonds. The van der Waals surface area contributed by atoms with Gasteiger partial charge in [-0.05, 0) is 19.8 Å². The monoisotopic (exact) mass is 266 g/mol. The average Bonchev–Trinajstić information content (AvgIpc) is 2.89. The molecule has 2 heterocycles. The van der Waals surface area contributed by atoms with Crippen LogP contribution in [0.1, 0.15) is 28.6 Å². The topological polar surface area (TPSA) is 63.1 Å². The molecule has 4 nitrogen and oxygen atoms in total. The zero-order valence-corrected chi connectivity index (χ0v) is 10.8. The molecule has 1 aliphatic carbocycles. The number of carboxylic acid groups (broad SMARTS) is 1. The summed E-state index contributed by atoms with van der Waals surface area (Å²) in [7, 11) is 0. The van der Waals surface area contributed by atoms with Gasteiger partial charge in [0.2, 0.25) is 0 Å². The van der Waals surface area contributed by atoms with Crippen LogP contribution in [0.2, 0.25) is 0 Å². The van der Waals surface area contributed by atoms with Gasteiger partial charge in [0.25, 0.3) is 0 Å². The molecule has 0 bridgehead atoms. The third kappa shape index (κ3) is 1.77. The van der Waals surface area contributed by atoms with Crippen LogP contribution in [0.25, 0.3) is 10.0 Å². The van der Waals surface area contributed by atoms with Gasteiger partial charge in [0.05, 0.1) is 5.69 Å². The molecule has 2 aromatic heterocycles. The van der Waals surface area contributed by atoms with Crippen molar-refractivity contribution in [2.45, 2.75) is 25.7 Å². The standard InChI is InChI=1S/C11H10N2O2S2/c1-5-4-16-9(12-5)10-13-8-6(11(14)15)2-3-7(8)17-10/h4,6H,2-3H2,1H3,(H,14,15). The molecule has 17 heavy (non-hydrogen) atoms. The second-order valence-electron chi connectivity index (χ2n) is 4.05. The number of aromatic nitrogens is 2. The fraction of sp³-hybridized carbons (Fsp3) is 0.364. The summed E-state index contributed by atoms with van der Waals surface area (Å²) < 4.78 is 0. The zero-order chi connectivity index (χ0) is 12.0. The molecular formula is C11H10N2O2S2. The van der Waals surface area contributed by atoms with Gasteiger partial charge in [0.15, 0.2) is 10.0 Å². The number of carbonyl (C=O) groups is 1. The molecule has 0 saturated carbocycles. The number of nitrogens with zero attached hydrogens (tertiary/aromatic N) is 2. The summed E-state index contributed by atoms with van der Waals surface area (Å²) in [4.78, 5) is 21.0. The van der Waals surface area contributed by atoms with E-state index >= 15 is 0 Å². The Morgan fingerprint density at radius 1 is 1.47 bits per heavy atom. The molecule has 1 aliphatic rings. The van der Waals surface area contributed by atoms with Crippen LogP contribution in [0.5, 0.6) is 0 Å². The summed E-state index contributed by atoms with van der Waals surface area (Å²) in [5.41, 5.74) is 1.74. The molecule has 1 unspecified atom stereocenters. The summed E-state index contributed by atoms with van der Waals surface area (Å²) in [5.74, 6) is -1.19. The third-order valence-corrected chi connectivity index (χ3v) is 5.05. The van der Waals surface area contributed by atoms with Crippen molar-refractivity contribution in [3.63, 3.8) is 0 Å². The maximum Gasteiger partial charge on any atom is 0.312 e. The van der Waals surface area contributed by atoms with Gasteiger partial charge in [-0.2, -0.15) is 0 Å². The first kappa shape index (κ1) is 10.9. The number of hydrogen-bond acceptors (Lipinski definition) is 5. The van der Waals surface area contributed by atoms with E-state index in [9.17, 15) is 4.79 Å². The van der Waals surface area contributed by atoms with Crippen molar-refractivity contribution < 1.29 is 9.90 Å². The van der Waals surface area contributed by atoms with Crippen LogP contribution in [0.4, 0.5) is 0 Å². The largest absolute Gasteiger partial charge is 0.481 e. The molecule has 88 valence electrons. The molecule has 0 fully saturated rings. The quantitative estimate of drug-likeness (QED) is 0.907. The van der Waals surface area contributed by atoms with Gasteiger partial charge in [-0.25, -0.2) is 9.97 Å². The molecule has 0 aliphatic heterocycles. The summed E-state index contributed by atoms with van der Waals surface area (Å²) in [6, 6.07) is 0. The number of aliphatic carboxylic acids is 1. The maximum absolute atomic E-state index is 11.1. The van der Waals surface area contributed by atoms with E-state index in [2.05, 4.69) is 9.97 Å². The van der Waals surface area contributed by atoms with Crippen LogP contribution < -0.4 is 0 Å². The van der Waals surface area contributed by atoms with Gasteiger partial charge in [-0.1, -0.05) is 0 Å². The van der Waals surface area contributed by atoms with E-state index in [4.69, 9.17) is 5.11 Å². The Labute approximate surface area is 106 Å². The lowest BCUT2D eigenvalue weighted by atomic mass is 10.1. The third-order valence-electron chi connectivity index (χ3n) is 2.82. The molecule has 3 rings (SSSR count). The van der Waals surface area contributed by atoms with Crippen molar-refractivity contribution in [2.75, 3.05) is 0 Å². The molecule has 1 atom stereocenters. The zero-order valence-electron chi connectivity index (χ0n) is 9.14. The minimum atomic E-state index is -0.768. The predicted octanol–water partition coefficient (Wildman–Crippen LogP) is 2.69. The van der Waals surface area contributed by atoms with Crippen LogP contribution in [0, 0.1) is 6.92 Å².